The summed E-state index contributed by atoms with van der Waals surface area (Å²) >= 11 is 1.53. The molecule has 0 radical (unpaired) electrons. The fourth-order valence-electron chi connectivity index (χ4n) is 3.49. The van der Waals surface area contributed by atoms with Crippen LogP contribution in [0.2, 0.25) is 0 Å². The van der Waals surface area contributed by atoms with Crippen LogP contribution in [0.15, 0.2) is 58.3 Å². The predicted octanol–water partition coefficient (Wildman–Crippen LogP) is 6.50. The third kappa shape index (κ3) is 5.96. The summed E-state index contributed by atoms with van der Waals surface area (Å²) in [5.74, 6) is 0.358. The standard InChI is InChI=1S/C24H30O4S3/c1-3-5-7-15-30(25,26)21-12-9-19(10-13-21)23-17-20-11-14-22(18-24(20)29-23)31(27,28)16-8-6-4-2/h9-14,17-18H,3-8,15-16H2,1-2H3. The fraction of sp³-hybridized carbons (Fsp3) is 0.417. The number of thiophene rings is 1. The Labute approximate surface area is 190 Å². The van der Waals surface area contributed by atoms with E-state index in [0.29, 0.717) is 22.6 Å². The maximum atomic E-state index is 12.6. The smallest absolute Gasteiger partial charge is 0.178 e. The summed E-state index contributed by atoms with van der Waals surface area (Å²) in [7, 11) is -6.52. The Kier molecular flexibility index (Phi) is 7.94. The molecular weight excluding hydrogens is 448 g/mol. The molecule has 2 aromatic carbocycles. The molecule has 0 unspecified atom stereocenters. The van der Waals surface area contributed by atoms with Gasteiger partial charge >= 0.3 is 0 Å². The predicted molar refractivity (Wildman–Crippen MR) is 130 cm³/mol. The van der Waals surface area contributed by atoms with Crippen LogP contribution in [0.4, 0.5) is 0 Å². The topological polar surface area (TPSA) is 68.3 Å². The van der Waals surface area contributed by atoms with Crippen LogP contribution in [0.5, 0.6) is 0 Å². The fourth-order valence-corrected chi connectivity index (χ4v) is 7.44. The van der Waals surface area contributed by atoms with Crippen LogP contribution in [-0.4, -0.2) is 28.3 Å². The van der Waals surface area contributed by atoms with E-state index in [0.717, 1.165) is 46.2 Å². The molecular formula is C24H30O4S3. The van der Waals surface area contributed by atoms with Crippen molar-refractivity contribution in [3.8, 4) is 10.4 Å². The summed E-state index contributed by atoms with van der Waals surface area (Å²) in [5.41, 5.74) is 0.932. The van der Waals surface area contributed by atoms with Gasteiger partial charge in [0.25, 0.3) is 0 Å². The molecule has 1 aromatic heterocycles. The zero-order valence-corrected chi connectivity index (χ0v) is 20.6. The number of sulfone groups is 2. The van der Waals surface area contributed by atoms with Crippen molar-refractivity contribution in [3.63, 3.8) is 0 Å². The van der Waals surface area contributed by atoms with Gasteiger partial charge in [-0.25, -0.2) is 16.8 Å². The molecule has 1 heterocycles. The Morgan fingerprint density at radius 1 is 0.677 bits per heavy atom. The van der Waals surface area contributed by atoms with E-state index in [4.69, 9.17) is 0 Å². The SMILES string of the molecule is CCCCCS(=O)(=O)c1ccc(-c2cc3ccc(S(=O)(=O)CCCCC)cc3s2)cc1. The molecule has 0 bridgehead atoms. The second-order valence-corrected chi connectivity index (χ2v) is 13.2. The van der Waals surface area contributed by atoms with Crippen LogP contribution in [0.3, 0.4) is 0 Å². The van der Waals surface area contributed by atoms with Crippen molar-refractivity contribution >= 4 is 41.1 Å². The first-order valence-corrected chi connectivity index (χ1v) is 15.0. The molecule has 0 spiro atoms. The minimum Gasteiger partial charge on any atom is -0.224 e. The van der Waals surface area contributed by atoms with Gasteiger partial charge in [-0.05, 0) is 54.1 Å². The van der Waals surface area contributed by atoms with E-state index in [1.165, 1.54) is 11.3 Å². The molecule has 0 aliphatic heterocycles. The molecule has 0 saturated heterocycles. The molecule has 4 nitrogen and oxygen atoms in total. The summed E-state index contributed by atoms with van der Waals surface area (Å²) in [4.78, 5) is 1.72. The Hall–Kier alpha value is -1.70. The molecule has 0 atom stereocenters. The third-order valence-electron chi connectivity index (χ3n) is 5.38. The van der Waals surface area contributed by atoms with E-state index in [-0.39, 0.29) is 11.5 Å². The molecule has 168 valence electrons. The highest BCUT2D eigenvalue weighted by Crippen LogP contribution is 2.35. The Bertz CT molecular complexity index is 1220. The average Bonchev–Trinajstić information content (AvgIpc) is 3.17. The highest BCUT2D eigenvalue weighted by atomic mass is 32.2. The van der Waals surface area contributed by atoms with Crippen LogP contribution in [0.1, 0.15) is 52.4 Å². The average molecular weight is 479 g/mol. The van der Waals surface area contributed by atoms with Gasteiger partial charge in [-0.2, -0.15) is 0 Å². The van der Waals surface area contributed by atoms with Gasteiger partial charge in [0, 0.05) is 9.58 Å². The van der Waals surface area contributed by atoms with Crippen molar-refractivity contribution in [1.29, 1.82) is 0 Å². The Morgan fingerprint density at radius 3 is 1.81 bits per heavy atom. The summed E-state index contributed by atoms with van der Waals surface area (Å²) in [6.45, 7) is 4.11. The number of benzene rings is 2. The highest BCUT2D eigenvalue weighted by molar-refractivity contribution is 7.91. The van der Waals surface area contributed by atoms with Crippen molar-refractivity contribution < 1.29 is 16.8 Å². The summed E-state index contributed by atoms with van der Waals surface area (Å²) in [6, 6.07) is 14.3. The monoisotopic (exact) mass is 478 g/mol. The lowest BCUT2D eigenvalue weighted by molar-refractivity contribution is 0.589. The molecule has 31 heavy (non-hydrogen) atoms. The third-order valence-corrected chi connectivity index (χ3v) is 10.1. The van der Waals surface area contributed by atoms with E-state index in [9.17, 15) is 16.8 Å². The van der Waals surface area contributed by atoms with Gasteiger partial charge in [-0.3, -0.25) is 0 Å². The molecule has 0 aliphatic rings. The van der Waals surface area contributed by atoms with Gasteiger partial charge < -0.3 is 0 Å². The molecule has 3 aromatic rings. The zero-order chi connectivity index (χ0) is 22.5. The van der Waals surface area contributed by atoms with Crippen molar-refractivity contribution in [2.24, 2.45) is 0 Å². The first-order valence-electron chi connectivity index (χ1n) is 10.9. The van der Waals surface area contributed by atoms with Gasteiger partial charge in [-0.15, -0.1) is 11.3 Å². The van der Waals surface area contributed by atoms with Crippen molar-refractivity contribution in [1.82, 2.24) is 0 Å². The molecule has 0 amide bonds. The number of hydrogen-bond acceptors (Lipinski definition) is 5. The van der Waals surface area contributed by atoms with Gasteiger partial charge in [0.2, 0.25) is 0 Å². The molecule has 0 aliphatic carbocycles. The van der Waals surface area contributed by atoms with E-state index in [1.54, 1.807) is 24.3 Å². The Balaban J connectivity index is 1.82. The quantitative estimate of drug-likeness (QED) is 0.295. The highest BCUT2D eigenvalue weighted by Gasteiger charge is 2.17. The van der Waals surface area contributed by atoms with Crippen molar-refractivity contribution in [2.45, 2.75) is 62.2 Å². The Morgan fingerprint density at radius 2 is 1.23 bits per heavy atom. The maximum absolute atomic E-state index is 12.6. The second kappa shape index (κ2) is 10.3. The lowest BCUT2D eigenvalue weighted by Crippen LogP contribution is -2.06. The number of hydrogen-bond donors (Lipinski definition) is 0. The van der Waals surface area contributed by atoms with E-state index in [1.807, 2.05) is 24.3 Å². The largest absolute Gasteiger partial charge is 0.224 e. The van der Waals surface area contributed by atoms with Crippen LogP contribution >= 0.6 is 11.3 Å². The normalized spacial score (nSPS) is 12.5. The van der Waals surface area contributed by atoms with Crippen LogP contribution < -0.4 is 0 Å². The molecule has 0 fully saturated rings. The van der Waals surface area contributed by atoms with E-state index < -0.39 is 19.7 Å². The lowest BCUT2D eigenvalue weighted by Gasteiger charge is -2.05. The van der Waals surface area contributed by atoms with Crippen molar-refractivity contribution in [2.75, 3.05) is 11.5 Å². The van der Waals surface area contributed by atoms with Gasteiger partial charge in [0.05, 0.1) is 21.3 Å². The first-order chi connectivity index (χ1) is 14.8. The summed E-state index contributed by atoms with van der Waals surface area (Å²) < 4.78 is 51.1. The maximum Gasteiger partial charge on any atom is 0.178 e. The molecule has 7 heteroatoms. The second-order valence-electron chi connectivity index (χ2n) is 7.89. The summed E-state index contributed by atoms with van der Waals surface area (Å²) in [5, 5.41) is 0.990. The van der Waals surface area contributed by atoms with Crippen LogP contribution in [0.25, 0.3) is 20.5 Å². The van der Waals surface area contributed by atoms with Crippen LogP contribution in [-0.2, 0) is 19.7 Å². The number of unbranched alkanes of at least 4 members (excludes halogenated alkanes) is 4. The minimum absolute atomic E-state index is 0.179. The lowest BCUT2D eigenvalue weighted by atomic mass is 10.1. The number of rotatable bonds is 11. The molecule has 0 saturated carbocycles. The van der Waals surface area contributed by atoms with E-state index in [2.05, 4.69) is 13.8 Å². The van der Waals surface area contributed by atoms with E-state index >= 15 is 0 Å². The van der Waals surface area contributed by atoms with Gasteiger partial charge in [0.1, 0.15) is 0 Å². The zero-order valence-electron chi connectivity index (χ0n) is 18.1. The van der Waals surface area contributed by atoms with Crippen LogP contribution in [0, 0.1) is 0 Å². The van der Waals surface area contributed by atoms with Gasteiger partial charge in [0.15, 0.2) is 19.7 Å². The van der Waals surface area contributed by atoms with Crippen molar-refractivity contribution in [3.05, 3.63) is 48.5 Å². The number of fused-ring (bicyclic) bond motifs is 1. The molecule has 3 rings (SSSR count). The first kappa shape index (κ1) is 24.0. The minimum atomic E-state index is -3.27. The van der Waals surface area contributed by atoms with Gasteiger partial charge in [-0.1, -0.05) is 57.7 Å². The summed E-state index contributed by atoms with van der Waals surface area (Å²) in [6.07, 6.45) is 5.16. The molecule has 0 N–H and O–H groups in total.